The van der Waals surface area contributed by atoms with Crippen molar-refractivity contribution in [2.24, 2.45) is 0 Å². The van der Waals surface area contributed by atoms with Crippen molar-refractivity contribution in [3.05, 3.63) is 55.2 Å². The average molecular weight is 335 g/mol. The van der Waals surface area contributed by atoms with Gasteiger partial charge in [0.25, 0.3) is 5.91 Å². The van der Waals surface area contributed by atoms with Gasteiger partial charge >= 0.3 is 0 Å². The smallest absolute Gasteiger partial charge is 0.253 e. The molecular formula is C13H10Cl3NOS. The van der Waals surface area contributed by atoms with Gasteiger partial charge in [0.05, 0.1) is 21.0 Å². The minimum Gasteiger partial charge on any atom is -0.345 e. The number of carbonyl (C=O) groups is 1. The molecule has 2 nitrogen and oxygen atoms in total. The molecule has 0 saturated carbocycles. The van der Waals surface area contributed by atoms with Crippen LogP contribution >= 0.6 is 46.1 Å². The molecule has 0 aliphatic heterocycles. The molecule has 2 rings (SSSR count). The molecule has 1 heterocycles. The molecule has 1 unspecified atom stereocenters. The van der Waals surface area contributed by atoms with Crippen LogP contribution in [0, 0.1) is 0 Å². The van der Waals surface area contributed by atoms with E-state index in [2.05, 4.69) is 5.32 Å². The van der Waals surface area contributed by atoms with Crippen molar-refractivity contribution in [2.45, 2.75) is 13.0 Å². The molecule has 0 fully saturated rings. The normalized spacial score (nSPS) is 12.2. The highest BCUT2D eigenvalue weighted by atomic mass is 35.5. The Morgan fingerprint density at radius 1 is 1.21 bits per heavy atom. The molecule has 1 N–H and O–H groups in total. The van der Waals surface area contributed by atoms with E-state index in [1.807, 2.05) is 13.0 Å². The lowest BCUT2D eigenvalue weighted by Crippen LogP contribution is -2.26. The Labute approximate surface area is 130 Å². The Kier molecular flexibility index (Phi) is 4.74. The molecule has 19 heavy (non-hydrogen) atoms. The van der Waals surface area contributed by atoms with Crippen LogP contribution in [0.2, 0.25) is 14.4 Å². The molecule has 0 spiro atoms. The van der Waals surface area contributed by atoms with Gasteiger partial charge in [-0.3, -0.25) is 4.79 Å². The Balaban J connectivity index is 2.15. The summed E-state index contributed by atoms with van der Waals surface area (Å²) in [5.74, 6) is -0.260. The van der Waals surface area contributed by atoms with E-state index in [9.17, 15) is 4.79 Å². The first-order chi connectivity index (χ1) is 8.97. The quantitative estimate of drug-likeness (QED) is 0.821. The molecule has 1 aromatic heterocycles. The summed E-state index contributed by atoms with van der Waals surface area (Å²) in [5, 5.41) is 3.71. The number of nitrogens with one attached hydrogen (secondary N) is 1. The van der Waals surface area contributed by atoms with Gasteiger partial charge in [0.2, 0.25) is 0 Å². The number of benzene rings is 1. The molecule has 1 aromatic carbocycles. The summed E-state index contributed by atoms with van der Waals surface area (Å²) in [6.45, 7) is 1.89. The summed E-state index contributed by atoms with van der Waals surface area (Å²) < 4.78 is 0.692. The summed E-state index contributed by atoms with van der Waals surface area (Å²) >= 11 is 19.2. The van der Waals surface area contributed by atoms with Crippen LogP contribution < -0.4 is 5.32 Å². The Morgan fingerprint density at radius 2 is 1.95 bits per heavy atom. The molecule has 0 aliphatic rings. The van der Waals surface area contributed by atoms with Gasteiger partial charge in [-0.2, -0.15) is 0 Å². The van der Waals surface area contributed by atoms with E-state index in [0.29, 0.717) is 19.9 Å². The standard InChI is InChI=1S/C13H10Cl3NOS/c1-7(11-4-5-12(16)19-11)17-13(18)9-6-8(14)2-3-10(9)15/h2-7H,1H3,(H,17,18). The molecule has 1 atom stereocenters. The molecular weight excluding hydrogens is 325 g/mol. The number of hydrogen-bond acceptors (Lipinski definition) is 2. The third kappa shape index (κ3) is 3.63. The highest BCUT2D eigenvalue weighted by Gasteiger charge is 2.15. The topological polar surface area (TPSA) is 29.1 Å². The summed E-state index contributed by atoms with van der Waals surface area (Å²) in [4.78, 5) is 13.1. The van der Waals surface area contributed by atoms with Crippen molar-refractivity contribution in [1.29, 1.82) is 0 Å². The van der Waals surface area contributed by atoms with Crippen LogP contribution in [0.4, 0.5) is 0 Å². The molecule has 100 valence electrons. The minimum absolute atomic E-state index is 0.139. The largest absolute Gasteiger partial charge is 0.345 e. The van der Waals surface area contributed by atoms with E-state index in [4.69, 9.17) is 34.8 Å². The molecule has 0 aliphatic carbocycles. The second-order valence-corrected chi connectivity index (χ2v) is 6.55. The molecule has 6 heteroatoms. The minimum atomic E-state index is -0.260. The summed E-state index contributed by atoms with van der Waals surface area (Å²) in [7, 11) is 0. The SMILES string of the molecule is CC(NC(=O)c1cc(Cl)ccc1Cl)c1ccc(Cl)s1. The Morgan fingerprint density at radius 3 is 2.58 bits per heavy atom. The number of hydrogen-bond donors (Lipinski definition) is 1. The number of thiophene rings is 1. The van der Waals surface area contributed by atoms with Crippen molar-refractivity contribution < 1.29 is 4.79 Å². The molecule has 1 amide bonds. The van der Waals surface area contributed by atoms with Crippen molar-refractivity contribution in [2.75, 3.05) is 0 Å². The molecule has 0 bridgehead atoms. The maximum atomic E-state index is 12.1. The highest BCUT2D eigenvalue weighted by molar-refractivity contribution is 7.16. The van der Waals surface area contributed by atoms with Crippen molar-refractivity contribution >= 4 is 52.0 Å². The van der Waals surface area contributed by atoms with Crippen LogP contribution in [0.3, 0.4) is 0 Å². The van der Waals surface area contributed by atoms with E-state index < -0.39 is 0 Å². The number of rotatable bonds is 3. The molecule has 0 saturated heterocycles. The van der Waals surface area contributed by atoms with Gasteiger partial charge in [0, 0.05) is 9.90 Å². The van der Waals surface area contributed by atoms with E-state index in [1.54, 1.807) is 24.3 Å². The second-order valence-electron chi connectivity index (χ2n) is 3.96. The third-order valence-corrected chi connectivity index (χ3v) is 4.52. The summed E-state index contributed by atoms with van der Waals surface area (Å²) in [6.07, 6.45) is 0. The maximum absolute atomic E-state index is 12.1. The maximum Gasteiger partial charge on any atom is 0.253 e. The predicted molar refractivity (Wildman–Crippen MR) is 81.7 cm³/mol. The lowest BCUT2D eigenvalue weighted by molar-refractivity contribution is 0.0940. The van der Waals surface area contributed by atoms with Crippen LogP contribution in [0.15, 0.2) is 30.3 Å². The summed E-state index contributed by atoms with van der Waals surface area (Å²) in [6, 6.07) is 8.34. The first kappa shape index (κ1) is 14.7. The van der Waals surface area contributed by atoms with Gasteiger partial charge < -0.3 is 5.32 Å². The van der Waals surface area contributed by atoms with Gasteiger partial charge in [0.1, 0.15) is 0 Å². The van der Waals surface area contributed by atoms with E-state index >= 15 is 0 Å². The number of carbonyl (C=O) groups excluding carboxylic acids is 1. The van der Waals surface area contributed by atoms with Crippen LogP contribution in [-0.4, -0.2) is 5.91 Å². The van der Waals surface area contributed by atoms with Gasteiger partial charge in [-0.15, -0.1) is 11.3 Å². The first-order valence-corrected chi connectivity index (χ1v) is 7.43. The highest BCUT2D eigenvalue weighted by Crippen LogP contribution is 2.27. The van der Waals surface area contributed by atoms with Gasteiger partial charge in [-0.25, -0.2) is 0 Å². The van der Waals surface area contributed by atoms with Crippen LogP contribution in [-0.2, 0) is 0 Å². The lowest BCUT2D eigenvalue weighted by Gasteiger charge is -2.13. The average Bonchev–Trinajstić information content (AvgIpc) is 2.79. The van der Waals surface area contributed by atoms with Crippen molar-refractivity contribution in [1.82, 2.24) is 5.32 Å². The van der Waals surface area contributed by atoms with Gasteiger partial charge in [-0.05, 0) is 37.3 Å². The van der Waals surface area contributed by atoms with Gasteiger partial charge in [-0.1, -0.05) is 34.8 Å². The molecule has 0 radical (unpaired) electrons. The molecule has 2 aromatic rings. The van der Waals surface area contributed by atoms with Gasteiger partial charge in [0.15, 0.2) is 0 Å². The van der Waals surface area contributed by atoms with Crippen molar-refractivity contribution in [3.8, 4) is 0 Å². The monoisotopic (exact) mass is 333 g/mol. The Hall–Kier alpha value is -0.740. The predicted octanol–water partition coefficient (Wildman–Crippen LogP) is 5.20. The fourth-order valence-electron chi connectivity index (χ4n) is 1.58. The van der Waals surface area contributed by atoms with Crippen molar-refractivity contribution in [3.63, 3.8) is 0 Å². The van der Waals surface area contributed by atoms with E-state index in [-0.39, 0.29) is 11.9 Å². The number of halogens is 3. The second kappa shape index (κ2) is 6.14. The van der Waals surface area contributed by atoms with E-state index in [1.165, 1.54) is 11.3 Å². The summed E-state index contributed by atoms with van der Waals surface area (Å²) in [5.41, 5.74) is 0.365. The number of amides is 1. The third-order valence-electron chi connectivity index (χ3n) is 2.54. The zero-order valence-corrected chi connectivity index (χ0v) is 13.0. The lowest BCUT2D eigenvalue weighted by atomic mass is 10.2. The van der Waals surface area contributed by atoms with Crippen LogP contribution in [0.1, 0.15) is 28.2 Å². The Bertz CT molecular complexity index is 612. The fourth-order valence-corrected chi connectivity index (χ4v) is 3.02. The van der Waals surface area contributed by atoms with E-state index in [0.717, 1.165) is 4.88 Å². The van der Waals surface area contributed by atoms with Crippen LogP contribution in [0.25, 0.3) is 0 Å². The van der Waals surface area contributed by atoms with Crippen LogP contribution in [0.5, 0.6) is 0 Å². The zero-order chi connectivity index (χ0) is 14.0. The fraction of sp³-hybridized carbons (Fsp3) is 0.154. The first-order valence-electron chi connectivity index (χ1n) is 5.48. The zero-order valence-electron chi connectivity index (χ0n) is 9.91.